The van der Waals surface area contributed by atoms with E-state index in [1.165, 1.54) is 5.56 Å². The quantitative estimate of drug-likeness (QED) is 0.560. The molecule has 0 aromatic heterocycles. The predicted molar refractivity (Wildman–Crippen MR) is 64.7 cm³/mol. The zero-order valence-electron chi connectivity index (χ0n) is 10.1. The van der Waals surface area contributed by atoms with Crippen LogP contribution in [0.2, 0.25) is 0 Å². The minimum Gasteiger partial charge on any atom is -0.463 e. The van der Waals surface area contributed by atoms with Crippen molar-refractivity contribution in [1.82, 2.24) is 0 Å². The SMILES string of the molecule is CCOCCOC(=O)[C@@H]1C[C@H]1c1ccccc1. The molecular formula is C14H18O3. The van der Waals surface area contributed by atoms with Crippen LogP contribution in [-0.2, 0) is 14.3 Å². The highest BCUT2D eigenvalue weighted by Crippen LogP contribution is 2.47. The third-order valence-electron chi connectivity index (χ3n) is 3.00. The van der Waals surface area contributed by atoms with Crippen LogP contribution >= 0.6 is 0 Å². The van der Waals surface area contributed by atoms with Gasteiger partial charge in [0.25, 0.3) is 0 Å². The van der Waals surface area contributed by atoms with Crippen molar-refractivity contribution in [2.75, 3.05) is 19.8 Å². The van der Waals surface area contributed by atoms with Gasteiger partial charge in [-0.25, -0.2) is 0 Å². The Kier molecular flexibility index (Phi) is 4.15. The van der Waals surface area contributed by atoms with E-state index in [2.05, 4.69) is 12.1 Å². The first-order chi connectivity index (χ1) is 8.33. The molecule has 3 heteroatoms. The number of hydrogen-bond donors (Lipinski definition) is 0. The van der Waals surface area contributed by atoms with Gasteiger partial charge in [-0.2, -0.15) is 0 Å². The maximum atomic E-state index is 11.7. The third kappa shape index (κ3) is 3.30. The Hall–Kier alpha value is -1.35. The molecule has 1 fully saturated rings. The fraction of sp³-hybridized carbons (Fsp3) is 0.500. The summed E-state index contributed by atoms with van der Waals surface area (Å²) in [5, 5.41) is 0. The van der Waals surface area contributed by atoms with Gasteiger partial charge >= 0.3 is 5.97 Å². The third-order valence-corrected chi connectivity index (χ3v) is 3.00. The number of esters is 1. The molecule has 3 nitrogen and oxygen atoms in total. The lowest BCUT2D eigenvalue weighted by molar-refractivity contribution is -0.146. The van der Waals surface area contributed by atoms with Crippen molar-refractivity contribution in [3.8, 4) is 0 Å². The van der Waals surface area contributed by atoms with E-state index in [4.69, 9.17) is 9.47 Å². The minimum atomic E-state index is -0.0847. The molecule has 2 atom stereocenters. The van der Waals surface area contributed by atoms with Gasteiger partial charge in [-0.05, 0) is 24.8 Å². The normalized spacial score (nSPS) is 22.2. The van der Waals surface area contributed by atoms with Crippen LogP contribution in [0.1, 0.15) is 24.8 Å². The Bertz CT molecular complexity index is 361. The van der Waals surface area contributed by atoms with Gasteiger partial charge in [0.05, 0.1) is 12.5 Å². The molecule has 0 amide bonds. The summed E-state index contributed by atoms with van der Waals surface area (Å²) >= 11 is 0. The van der Waals surface area contributed by atoms with Gasteiger partial charge in [0.1, 0.15) is 6.61 Å². The van der Waals surface area contributed by atoms with E-state index in [0.717, 1.165) is 6.42 Å². The van der Waals surface area contributed by atoms with E-state index in [0.29, 0.717) is 25.7 Å². The van der Waals surface area contributed by atoms with E-state index < -0.39 is 0 Å². The molecule has 1 aliphatic rings. The number of ether oxygens (including phenoxy) is 2. The van der Waals surface area contributed by atoms with Gasteiger partial charge < -0.3 is 9.47 Å². The van der Waals surface area contributed by atoms with Crippen LogP contribution in [0.3, 0.4) is 0 Å². The smallest absolute Gasteiger partial charge is 0.309 e. The lowest BCUT2D eigenvalue weighted by Gasteiger charge is -2.04. The van der Waals surface area contributed by atoms with E-state index in [1.54, 1.807) is 0 Å². The van der Waals surface area contributed by atoms with Gasteiger partial charge in [-0.3, -0.25) is 4.79 Å². The van der Waals surface area contributed by atoms with Crippen molar-refractivity contribution >= 4 is 5.97 Å². The first kappa shape index (κ1) is 12.1. The summed E-state index contributed by atoms with van der Waals surface area (Å²) in [5.74, 6) is 0.327. The Balaban J connectivity index is 1.73. The Morgan fingerprint density at radius 3 is 2.76 bits per heavy atom. The van der Waals surface area contributed by atoms with Crippen LogP contribution in [-0.4, -0.2) is 25.8 Å². The zero-order chi connectivity index (χ0) is 12.1. The number of benzene rings is 1. The van der Waals surface area contributed by atoms with Crippen molar-refractivity contribution < 1.29 is 14.3 Å². The highest BCUT2D eigenvalue weighted by atomic mass is 16.6. The summed E-state index contributed by atoms with van der Waals surface area (Å²) < 4.78 is 10.3. The molecule has 92 valence electrons. The molecular weight excluding hydrogens is 216 g/mol. The highest BCUT2D eigenvalue weighted by Gasteiger charge is 2.44. The number of carbonyl (C=O) groups is 1. The summed E-state index contributed by atoms with van der Waals surface area (Å²) in [7, 11) is 0. The van der Waals surface area contributed by atoms with Crippen LogP contribution in [0.25, 0.3) is 0 Å². The first-order valence-electron chi connectivity index (χ1n) is 6.12. The van der Waals surface area contributed by atoms with E-state index in [9.17, 15) is 4.79 Å². The van der Waals surface area contributed by atoms with Crippen molar-refractivity contribution in [3.05, 3.63) is 35.9 Å². The highest BCUT2D eigenvalue weighted by molar-refractivity contribution is 5.77. The average Bonchev–Trinajstić information content (AvgIpc) is 3.16. The zero-order valence-corrected chi connectivity index (χ0v) is 10.1. The molecule has 1 aliphatic carbocycles. The fourth-order valence-electron chi connectivity index (χ4n) is 1.98. The Labute approximate surface area is 102 Å². The van der Waals surface area contributed by atoms with Gasteiger partial charge in [0, 0.05) is 6.61 Å². The molecule has 2 rings (SSSR count). The summed E-state index contributed by atoms with van der Waals surface area (Å²) in [6, 6.07) is 10.1. The van der Waals surface area contributed by atoms with Crippen molar-refractivity contribution in [3.63, 3.8) is 0 Å². The Morgan fingerprint density at radius 2 is 2.06 bits per heavy atom. The molecule has 0 radical (unpaired) electrons. The number of hydrogen-bond acceptors (Lipinski definition) is 3. The van der Waals surface area contributed by atoms with Crippen LogP contribution in [0.15, 0.2) is 30.3 Å². The second-order valence-electron chi connectivity index (χ2n) is 4.22. The molecule has 0 heterocycles. The molecule has 0 saturated heterocycles. The summed E-state index contributed by atoms with van der Waals surface area (Å²) in [5.41, 5.74) is 1.24. The number of carbonyl (C=O) groups excluding carboxylic acids is 1. The topological polar surface area (TPSA) is 35.5 Å². The van der Waals surface area contributed by atoms with Crippen molar-refractivity contribution in [2.24, 2.45) is 5.92 Å². The summed E-state index contributed by atoms with van der Waals surface area (Å²) in [4.78, 5) is 11.7. The van der Waals surface area contributed by atoms with Crippen molar-refractivity contribution in [2.45, 2.75) is 19.3 Å². The average molecular weight is 234 g/mol. The molecule has 17 heavy (non-hydrogen) atoms. The second-order valence-corrected chi connectivity index (χ2v) is 4.22. The summed E-state index contributed by atoms with van der Waals surface area (Å²) in [6.07, 6.45) is 0.914. The summed E-state index contributed by atoms with van der Waals surface area (Å²) in [6.45, 7) is 3.44. The Morgan fingerprint density at radius 1 is 1.29 bits per heavy atom. The molecule has 1 saturated carbocycles. The monoisotopic (exact) mass is 234 g/mol. The molecule has 0 aliphatic heterocycles. The van der Waals surface area contributed by atoms with Crippen LogP contribution < -0.4 is 0 Å². The van der Waals surface area contributed by atoms with Crippen LogP contribution in [0.5, 0.6) is 0 Å². The van der Waals surface area contributed by atoms with Gasteiger partial charge in [-0.15, -0.1) is 0 Å². The lowest BCUT2D eigenvalue weighted by atomic mass is 10.1. The van der Waals surface area contributed by atoms with Gasteiger partial charge in [0.15, 0.2) is 0 Å². The molecule has 0 unspecified atom stereocenters. The van der Waals surface area contributed by atoms with E-state index in [1.807, 2.05) is 25.1 Å². The lowest BCUT2D eigenvalue weighted by Crippen LogP contribution is -2.12. The van der Waals surface area contributed by atoms with Gasteiger partial charge in [-0.1, -0.05) is 30.3 Å². The second kappa shape index (κ2) is 5.82. The molecule has 1 aromatic carbocycles. The molecule has 0 N–H and O–H groups in total. The molecule has 1 aromatic rings. The van der Waals surface area contributed by atoms with E-state index >= 15 is 0 Å². The minimum absolute atomic E-state index is 0.0547. The van der Waals surface area contributed by atoms with Crippen LogP contribution in [0.4, 0.5) is 0 Å². The van der Waals surface area contributed by atoms with Crippen molar-refractivity contribution in [1.29, 1.82) is 0 Å². The molecule has 0 bridgehead atoms. The van der Waals surface area contributed by atoms with Gasteiger partial charge in [0.2, 0.25) is 0 Å². The maximum absolute atomic E-state index is 11.7. The maximum Gasteiger partial charge on any atom is 0.309 e. The fourth-order valence-corrected chi connectivity index (χ4v) is 1.98. The van der Waals surface area contributed by atoms with Crippen LogP contribution in [0, 0.1) is 5.92 Å². The molecule has 0 spiro atoms. The largest absolute Gasteiger partial charge is 0.463 e. The van der Waals surface area contributed by atoms with E-state index in [-0.39, 0.29) is 11.9 Å². The predicted octanol–water partition coefficient (Wildman–Crippen LogP) is 2.37. The standard InChI is InChI=1S/C14H18O3/c1-2-16-8-9-17-14(15)13-10-12(13)11-6-4-3-5-7-11/h3-7,12-13H,2,8-10H2,1H3/t12-,13+/m0/s1. The first-order valence-corrected chi connectivity index (χ1v) is 6.12. The number of rotatable bonds is 6.